The van der Waals surface area contributed by atoms with Gasteiger partial charge in [-0.15, -0.1) is 11.3 Å². The van der Waals surface area contributed by atoms with Gasteiger partial charge in [-0.3, -0.25) is 0 Å². The Hall–Kier alpha value is -0.700. The summed E-state index contributed by atoms with van der Waals surface area (Å²) in [6.45, 7) is 1.50. The largest absolute Gasteiger partial charge is 0.392 e. The average Bonchev–Trinajstić information content (AvgIpc) is 2.82. The van der Waals surface area contributed by atoms with Crippen LogP contribution >= 0.6 is 34.5 Å². The van der Waals surface area contributed by atoms with Gasteiger partial charge in [0.15, 0.2) is 0 Å². The van der Waals surface area contributed by atoms with E-state index >= 15 is 0 Å². The standard InChI is InChI=1S/C12H12Cl2N2O3S2/c1-7-10(20-6-15-7)4-16-21(18,19)11-3-2-9(13)8(5-17)12(11)14/h2-3,6,16-17H,4-5H2,1H3. The van der Waals surface area contributed by atoms with Crippen LogP contribution in [0.5, 0.6) is 0 Å². The molecule has 1 heterocycles. The van der Waals surface area contributed by atoms with Crippen molar-refractivity contribution in [2.24, 2.45) is 0 Å². The maximum Gasteiger partial charge on any atom is 0.242 e. The first kappa shape index (κ1) is 16.7. The number of benzene rings is 1. The molecule has 5 nitrogen and oxygen atoms in total. The average molecular weight is 367 g/mol. The highest BCUT2D eigenvalue weighted by Gasteiger charge is 2.21. The van der Waals surface area contributed by atoms with Crippen LogP contribution in [-0.2, 0) is 23.2 Å². The molecule has 0 aliphatic carbocycles. The molecule has 0 amide bonds. The molecule has 0 atom stereocenters. The minimum Gasteiger partial charge on any atom is -0.392 e. The lowest BCUT2D eigenvalue weighted by molar-refractivity contribution is 0.281. The van der Waals surface area contributed by atoms with Crippen LogP contribution in [0.3, 0.4) is 0 Å². The molecule has 0 saturated carbocycles. The van der Waals surface area contributed by atoms with Crippen LogP contribution in [0.25, 0.3) is 0 Å². The van der Waals surface area contributed by atoms with Crippen molar-refractivity contribution in [3.05, 3.63) is 43.8 Å². The summed E-state index contributed by atoms with van der Waals surface area (Å²) in [4.78, 5) is 4.77. The van der Waals surface area contributed by atoms with Gasteiger partial charge >= 0.3 is 0 Å². The van der Waals surface area contributed by atoms with Gasteiger partial charge in [-0.05, 0) is 19.1 Å². The number of hydrogen-bond donors (Lipinski definition) is 2. The highest BCUT2D eigenvalue weighted by atomic mass is 35.5. The summed E-state index contributed by atoms with van der Waals surface area (Å²) in [5.74, 6) is 0. The quantitative estimate of drug-likeness (QED) is 0.852. The highest BCUT2D eigenvalue weighted by Crippen LogP contribution is 2.31. The number of thiazole rings is 1. The van der Waals surface area contributed by atoms with E-state index in [2.05, 4.69) is 9.71 Å². The predicted octanol–water partition coefficient (Wildman–Crippen LogP) is 2.73. The van der Waals surface area contributed by atoms with Crippen LogP contribution in [0.4, 0.5) is 0 Å². The third-order valence-electron chi connectivity index (χ3n) is 2.87. The van der Waals surface area contributed by atoms with E-state index in [1.165, 1.54) is 23.5 Å². The minimum atomic E-state index is -3.81. The molecule has 21 heavy (non-hydrogen) atoms. The van der Waals surface area contributed by atoms with Crippen molar-refractivity contribution in [2.75, 3.05) is 0 Å². The molecule has 1 aromatic carbocycles. The molecule has 0 aliphatic rings. The third kappa shape index (κ3) is 3.56. The van der Waals surface area contributed by atoms with E-state index in [0.29, 0.717) is 0 Å². The summed E-state index contributed by atoms with van der Waals surface area (Å²) < 4.78 is 27.1. The fraction of sp³-hybridized carbons (Fsp3) is 0.250. The second kappa shape index (κ2) is 6.60. The Morgan fingerprint density at radius 3 is 2.67 bits per heavy atom. The Bertz CT molecular complexity index is 760. The molecule has 114 valence electrons. The van der Waals surface area contributed by atoms with Crippen LogP contribution in [-0.4, -0.2) is 18.5 Å². The predicted molar refractivity (Wildman–Crippen MR) is 83.3 cm³/mol. The lowest BCUT2D eigenvalue weighted by atomic mass is 10.2. The highest BCUT2D eigenvalue weighted by molar-refractivity contribution is 7.89. The van der Waals surface area contributed by atoms with Gasteiger partial charge in [0.25, 0.3) is 0 Å². The van der Waals surface area contributed by atoms with Gasteiger partial charge in [-0.1, -0.05) is 23.2 Å². The Balaban J connectivity index is 2.30. The normalized spacial score (nSPS) is 11.8. The number of nitrogens with one attached hydrogen (secondary N) is 1. The van der Waals surface area contributed by atoms with E-state index < -0.39 is 16.6 Å². The van der Waals surface area contributed by atoms with Crippen molar-refractivity contribution in [1.29, 1.82) is 0 Å². The number of aromatic nitrogens is 1. The molecule has 0 saturated heterocycles. The topological polar surface area (TPSA) is 79.3 Å². The van der Waals surface area contributed by atoms with Crippen LogP contribution in [0.1, 0.15) is 16.1 Å². The molecule has 0 bridgehead atoms. The van der Waals surface area contributed by atoms with Crippen molar-refractivity contribution < 1.29 is 13.5 Å². The summed E-state index contributed by atoms with van der Waals surface area (Å²) in [6, 6.07) is 2.71. The number of rotatable bonds is 5. The molecule has 9 heteroatoms. The van der Waals surface area contributed by atoms with Gasteiger partial charge < -0.3 is 5.11 Å². The smallest absolute Gasteiger partial charge is 0.242 e. The number of aryl methyl sites for hydroxylation is 1. The molecule has 0 fully saturated rings. The molecule has 2 rings (SSSR count). The van der Waals surface area contributed by atoms with Crippen molar-refractivity contribution in [3.8, 4) is 0 Å². The zero-order valence-electron chi connectivity index (χ0n) is 10.9. The molecule has 2 N–H and O–H groups in total. The Kier molecular flexibility index (Phi) is 5.24. The van der Waals surface area contributed by atoms with Crippen LogP contribution in [0, 0.1) is 6.92 Å². The first-order valence-electron chi connectivity index (χ1n) is 5.83. The summed E-state index contributed by atoms with van der Waals surface area (Å²) in [5, 5.41) is 9.37. The molecule has 0 aliphatic heterocycles. The number of nitrogens with zero attached hydrogens (tertiary/aromatic N) is 1. The van der Waals surface area contributed by atoms with E-state index in [1.807, 2.05) is 0 Å². The van der Waals surface area contributed by atoms with Crippen LogP contribution < -0.4 is 4.72 Å². The van der Waals surface area contributed by atoms with Crippen LogP contribution in [0.15, 0.2) is 22.5 Å². The van der Waals surface area contributed by atoms with E-state index in [9.17, 15) is 13.5 Å². The number of hydrogen-bond acceptors (Lipinski definition) is 5. The number of sulfonamides is 1. The number of aliphatic hydroxyl groups excluding tert-OH is 1. The SMILES string of the molecule is Cc1ncsc1CNS(=O)(=O)c1ccc(Cl)c(CO)c1Cl. The summed E-state index contributed by atoms with van der Waals surface area (Å²) in [7, 11) is -3.81. The Morgan fingerprint density at radius 2 is 2.10 bits per heavy atom. The second-order valence-electron chi connectivity index (χ2n) is 4.18. The number of aliphatic hydroxyl groups is 1. The molecule has 1 aromatic heterocycles. The first-order valence-corrected chi connectivity index (χ1v) is 8.95. The van der Waals surface area contributed by atoms with Gasteiger partial charge in [0.2, 0.25) is 10.0 Å². The maximum atomic E-state index is 12.3. The van der Waals surface area contributed by atoms with Crippen molar-refractivity contribution >= 4 is 44.6 Å². The summed E-state index contributed by atoms with van der Waals surface area (Å²) in [5.41, 5.74) is 2.62. The fourth-order valence-electron chi connectivity index (χ4n) is 1.66. The molecule has 0 radical (unpaired) electrons. The van der Waals surface area contributed by atoms with Crippen molar-refractivity contribution in [2.45, 2.75) is 25.0 Å². The zero-order chi connectivity index (χ0) is 15.6. The lowest BCUT2D eigenvalue weighted by Crippen LogP contribution is -2.23. The van der Waals surface area contributed by atoms with Gasteiger partial charge in [-0.25, -0.2) is 18.1 Å². The van der Waals surface area contributed by atoms with E-state index in [1.54, 1.807) is 12.4 Å². The third-order valence-corrected chi connectivity index (χ3v) is 6.14. The van der Waals surface area contributed by atoms with Crippen molar-refractivity contribution in [3.63, 3.8) is 0 Å². The van der Waals surface area contributed by atoms with Gasteiger partial charge in [0, 0.05) is 22.0 Å². The zero-order valence-corrected chi connectivity index (χ0v) is 14.1. The molecule has 0 unspecified atom stereocenters. The first-order chi connectivity index (χ1) is 9.86. The Morgan fingerprint density at radius 1 is 1.38 bits per heavy atom. The monoisotopic (exact) mass is 366 g/mol. The molecular weight excluding hydrogens is 355 g/mol. The van der Waals surface area contributed by atoms with E-state index in [-0.39, 0.29) is 27.0 Å². The van der Waals surface area contributed by atoms with Gasteiger partial charge in [0.1, 0.15) is 4.90 Å². The second-order valence-corrected chi connectivity index (χ2v) is 7.64. The maximum absolute atomic E-state index is 12.3. The van der Waals surface area contributed by atoms with Crippen LogP contribution in [0.2, 0.25) is 10.0 Å². The van der Waals surface area contributed by atoms with Crippen molar-refractivity contribution in [1.82, 2.24) is 9.71 Å². The summed E-state index contributed by atoms with van der Waals surface area (Å²) >= 11 is 13.2. The lowest BCUT2D eigenvalue weighted by Gasteiger charge is -2.11. The minimum absolute atomic E-state index is 0.0708. The Labute approximate surface area is 136 Å². The fourth-order valence-corrected chi connectivity index (χ4v) is 4.36. The molecule has 0 spiro atoms. The van der Waals surface area contributed by atoms with E-state index in [0.717, 1.165) is 10.6 Å². The molecule has 2 aromatic rings. The van der Waals surface area contributed by atoms with Gasteiger partial charge in [-0.2, -0.15) is 0 Å². The summed E-state index contributed by atoms with van der Waals surface area (Å²) in [6.07, 6.45) is 0. The van der Waals surface area contributed by atoms with E-state index in [4.69, 9.17) is 23.2 Å². The van der Waals surface area contributed by atoms with Gasteiger partial charge in [0.05, 0.1) is 22.8 Å². The number of halogens is 2. The molecular formula is C12H12Cl2N2O3S2.